The minimum atomic E-state index is -0.438. The van der Waals surface area contributed by atoms with E-state index in [2.05, 4.69) is 15.3 Å². The summed E-state index contributed by atoms with van der Waals surface area (Å²) in [5, 5.41) is 31.0. The number of aromatic nitrogens is 3. The van der Waals surface area contributed by atoms with Gasteiger partial charge in [0.15, 0.2) is 5.82 Å². The van der Waals surface area contributed by atoms with Crippen LogP contribution in [-0.2, 0) is 6.42 Å². The van der Waals surface area contributed by atoms with Crippen molar-refractivity contribution in [2.45, 2.75) is 6.42 Å². The van der Waals surface area contributed by atoms with E-state index in [-0.39, 0.29) is 11.1 Å². The zero-order chi connectivity index (χ0) is 21.6. The van der Waals surface area contributed by atoms with Gasteiger partial charge in [-0.05, 0) is 41.8 Å². The van der Waals surface area contributed by atoms with Crippen LogP contribution in [0.15, 0.2) is 69.9 Å². The second-order valence-corrected chi connectivity index (χ2v) is 7.36. The molecule has 4 rings (SSSR count). The smallest absolute Gasteiger partial charge is 0.364 e. The highest BCUT2D eigenvalue weighted by Gasteiger charge is 2.10. The molecule has 0 aliphatic rings. The molecule has 150 valence electrons. The molecule has 2 aromatic heterocycles. The van der Waals surface area contributed by atoms with Crippen molar-refractivity contribution in [2.75, 3.05) is 0 Å². The largest absolute Gasteiger partial charge is 0.457 e. The van der Waals surface area contributed by atoms with Gasteiger partial charge >= 0.3 is 5.69 Å². The standard InChI is InChI=1S/C22H14N6O2S/c23-12-15-7-8-18(10-17(15)13-24)30-20-6-2-1-4-16(20)14-25-28-21(26-27-22(28)29)11-19-5-3-9-31-19/h1-10,14H,11H2,(H,27,29)/b25-14+. The van der Waals surface area contributed by atoms with E-state index in [1.807, 2.05) is 35.7 Å². The zero-order valence-electron chi connectivity index (χ0n) is 16.0. The molecule has 8 nitrogen and oxygen atoms in total. The van der Waals surface area contributed by atoms with Crippen molar-refractivity contribution >= 4 is 17.6 Å². The van der Waals surface area contributed by atoms with Gasteiger partial charge in [-0.2, -0.15) is 25.4 Å². The Balaban J connectivity index is 1.61. The lowest BCUT2D eigenvalue weighted by atomic mass is 10.1. The number of rotatable bonds is 6. The van der Waals surface area contributed by atoms with Crippen molar-refractivity contribution in [2.24, 2.45) is 5.10 Å². The Labute approximate surface area is 180 Å². The molecule has 0 unspecified atom stereocenters. The van der Waals surface area contributed by atoms with Crippen LogP contribution in [0.5, 0.6) is 11.5 Å². The van der Waals surface area contributed by atoms with Gasteiger partial charge < -0.3 is 4.74 Å². The Bertz CT molecular complexity index is 1390. The first kappa shape index (κ1) is 19.8. The number of H-pyrrole nitrogens is 1. The lowest BCUT2D eigenvalue weighted by Gasteiger charge is -2.09. The summed E-state index contributed by atoms with van der Waals surface area (Å²) in [6, 6.07) is 19.7. The molecule has 0 aliphatic carbocycles. The molecule has 0 amide bonds. The molecule has 0 bridgehead atoms. The summed E-state index contributed by atoms with van der Waals surface area (Å²) in [7, 11) is 0. The summed E-state index contributed by atoms with van der Waals surface area (Å²) >= 11 is 1.58. The quantitative estimate of drug-likeness (QED) is 0.472. The van der Waals surface area contributed by atoms with Crippen molar-refractivity contribution in [1.29, 1.82) is 10.5 Å². The minimum Gasteiger partial charge on any atom is -0.457 e. The highest BCUT2D eigenvalue weighted by Crippen LogP contribution is 2.26. The van der Waals surface area contributed by atoms with Crippen molar-refractivity contribution in [3.05, 3.63) is 97.9 Å². The number of aromatic amines is 1. The van der Waals surface area contributed by atoms with Gasteiger partial charge in [-0.25, -0.2) is 9.89 Å². The average Bonchev–Trinajstić information content (AvgIpc) is 3.43. The summed E-state index contributed by atoms with van der Waals surface area (Å²) in [6.07, 6.45) is 1.99. The number of ether oxygens (including phenoxy) is 1. The van der Waals surface area contributed by atoms with Gasteiger partial charge in [0.2, 0.25) is 0 Å². The molecule has 0 spiro atoms. The van der Waals surface area contributed by atoms with Crippen LogP contribution in [0.2, 0.25) is 0 Å². The fraction of sp³-hybridized carbons (Fsp3) is 0.0455. The van der Waals surface area contributed by atoms with Crippen molar-refractivity contribution in [1.82, 2.24) is 14.9 Å². The summed E-state index contributed by atoms with van der Waals surface area (Å²) in [6.45, 7) is 0. The summed E-state index contributed by atoms with van der Waals surface area (Å²) < 4.78 is 7.12. The lowest BCUT2D eigenvalue weighted by Crippen LogP contribution is -2.15. The predicted octanol–water partition coefficient (Wildman–Crippen LogP) is 3.64. The molecule has 0 saturated carbocycles. The van der Waals surface area contributed by atoms with E-state index in [0.29, 0.717) is 29.3 Å². The fourth-order valence-electron chi connectivity index (χ4n) is 2.83. The third-order valence-corrected chi connectivity index (χ3v) is 5.20. The van der Waals surface area contributed by atoms with Crippen molar-refractivity contribution < 1.29 is 4.74 Å². The molecule has 2 heterocycles. The highest BCUT2D eigenvalue weighted by molar-refractivity contribution is 7.09. The number of hydrogen-bond acceptors (Lipinski definition) is 7. The first-order valence-corrected chi connectivity index (χ1v) is 10.00. The van der Waals surface area contributed by atoms with Crippen LogP contribution in [0.25, 0.3) is 0 Å². The number of nitrogens with one attached hydrogen (secondary N) is 1. The number of nitriles is 2. The molecule has 31 heavy (non-hydrogen) atoms. The number of thiophene rings is 1. The van der Waals surface area contributed by atoms with E-state index in [9.17, 15) is 10.1 Å². The van der Waals surface area contributed by atoms with Crippen LogP contribution in [0.3, 0.4) is 0 Å². The lowest BCUT2D eigenvalue weighted by molar-refractivity contribution is 0.481. The maximum absolute atomic E-state index is 12.1. The molecule has 4 aromatic rings. The Morgan fingerprint density at radius 2 is 1.97 bits per heavy atom. The molecule has 0 saturated heterocycles. The minimum absolute atomic E-state index is 0.231. The predicted molar refractivity (Wildman–Crippen MR) is 115 cm³/mol. The normalized spacial score (nSPS) is 10.6. The molecule has 0 fully saturated rings. The average molecular weight is 426 g/mol. The van der Waals surface area contributed by atoms with Crippen LogP contribution >= 0.6 is 11.3 Å². The summed E-state index contributed by atoms with van der Waals surface area (Å²) in [5.41, 5.74) is 0.698. The SMILES string of the molecule is N#Cc1ccc(Oc2ccccc2/C=N/n2c(Cc3cccs3)n[nH]c2=O)cc1C#N. The topological polar surface area (TPSA) is 120 Å². The van der Waals surface area contributed by atoms with Gasteiger partial charge in [0.05, 0.1) is 17.3 Å². The molecule has 0 atom stereocenters. The van der Waals surface area contributed by atoms with Gasteiger partial charge in [-0.15, -0.1) is 11.3 Å². The van der Waals surface area contributed by atoms with Crippen molar-refractivity contribution in [3.63, 3.8) is 0 Å². The fourth-order valence-corrected chi connectivity index (χ4v) is 3.53. The molecule has 9 heteroatoms. The van der Waals surface area contributed by atoms with Gasteiger partial charge in [0.1, 0.15) is 23.6 Å². The second kappa shape index (κ2) is 8.91. The molecule has 1 N–H and O–H groups in total. The van der Waals surface area contributed by atoms with Gasteiger partial charge in [-0.1, -0.05) is 18.2 Å². The van der Waals surface area contributed by atoms with E-state index >= 15 is 0 Å². The van der Waals surface area contributed by atoms with E-state index in [4.69, 9.17) is 10.00 Å². The third-order valence-electron chi connectivity index (χ3n) is 4.32. The third kappa shape index (κ3) is 4.42. The molecule has 2 aromatic carbocycles. The van der Waals surface area contributed by atoms with E-state index in [0.717, 1.165) is 4.88 Å². The molecular weight excluding hydrogens is 412 g/mol. The van der Waals surface area contributed by atoms with Gasteiger partial charge in [0, 0.05) is 16.9 Å². The summed E-state index contributed by atoms with van der Waals surface area (Å²) in [5.74, 6) is 1.39. The van der Waals surface area contributed by atoms with Crippen LogP contribution in [0.1, 0.15) is 27.4 Å². The first-order chi connectivity index (χ1) is 15.2. The van der Waals surface area contributed by atoms with Crippen LogP contribution in [0.4, 0.5) is 0 Å². The van der Waals surface area contributed by atoms with Gasteiger partial charge in [-0.3, -0.25) is 0 Å². The van der Waals surface area contributed by atoms with Crippen LogP contribution in [-0.4, -0.2) is 21.1 Å². The molecular formula is C22H14N6O2S. The maximum Gasteiger partial charge on any atom is 0.364 e. The van der Waals surface area contributed by atoms with Gasteiger partial charge in [0.25, 0.3) is 0 Å². The molecule has 0 radical (unpaired) electrons. The zero-order valence-corrected chi connectivity index (χ0v) is 16.8. The monoisotopic (exact) mass is 426 g/mol. The summed E-state index contributed by atoms with van der Waals surface area (Å²) in [4.78, 5) is 13.2. The van der Waals surface area contributed by atoms with Crippen LogP contribution in [0, 0.1) is 22.7 Å². The van der Waals surface area contributed by atoms with Crippen molar-refractivity contribution in [3.8, 4) is 23.6 Å². The Kier molecular flexibility index (Phi) is 5.70. The number of hydrogen-bond donors (Lipinski definition) is 1. The second-order valence-electron chi connectivity index (χ2n) is 6.33. The van der Waals surface area contributed by atoms with E-state index in [1.165, 1.54) is 23.0 Å². The Morgan fingerprint density at radius 1 is 1.13 bits per heavy atom. The van der Waals surface area contributed by atoms with Crippen LogP contribution < -0.4 is 10.4 Å². The Hall–Kier alpha value is -4.47. The van der Waals surface area contributed by atoms with E-state index in [1.54, 1.807) is 35.6 Å². The number of nitrogens with zero attached hydrogens (tertiary/aromatic N) is 5. The maximum atomic E-state index is 12.1. The highest BCUT2D eigenvalue weighted by atomic mass is 32.1. The number of benzene rings is 2. The first-order valence-electron chi connectivity index (χ1n) is 9.12. The van der Waals surface area contributed by atoms with E-state index < -0.39 is 5.69 Å². The molecule has 0 aliphatic heterocycles. The number of para-hydroxylation sites is 1. The Morgan fingerprint density at radius 3 is 2.74 bits per heavy atom.